The second kappa shape index (κ2) is 20.8. The molecule has 24 heavy (non-hydrogen) atoms. The maximum Gasteiger partial charge on any atom is 0.220 e. The fraction of sp³-hybridized carbons (Fsp3) is 0.950. The second-order valence-electron chi connectivity index (χ2n) is 6.62. The molecule has 0 aromatic rings. The molecule has 0 bridgehead atoms. The number of rotatable bonds is 19. The summed E-state index contributed by atoms with van der Waals surface area (Å²) in [6.07, 6.45) is 17.9. The maximum absolute atomic E-state index is 11.6. The van der Waals surface area contributed by atoms with Crippen molar-refractivity contribution in [3.05, 3.63) is 0 Å². The Morgan fingerprint density at radius 1 is 0.792 bits per heavy atom. The van der Waals surface area contributed by atoms with Crippen molar-refractivity contribution in [2.24, 2.45) is 0 Å². The van der Waals surface area contributed by atoms with Crippen molar-refractivity contribution in [1.29, 1.82) is 0 Å². The minimum atomic E-state index is 0.170. The third-order valence-electron chi connectivity index (χ3n) is 4.33. The molecule has 3 nitrogen and oxygen atoms in total. The summed E-state index contributed by atoms with van der Waals surface area (Å²) < 4.78 is 5.19. The van der Waals surface area contributed by atoms with Crippen LogP contribution in [0.4, 0.5) is 0 Å². The van der Waals surface area contributed by atoms with Gasteiger partial charge in [-0.15, -0.1) is 0 Å². The zero-order chi connectivity index (χ0) is 17.7. The predicted molar refractivity (Wildman–Crippen MR) is 108 cm³/mol. The van der Waals surface area contributed by atoms with Crippen LogP contribution in [0.25, 0.3) is 0 Å². The zero-order valence-corrected chi connectivity index (χ0v) is 16.9. The minimum absolute atomic E-state index is 0.170. The highest BCUT2D eigenvalue weighted by Gasteiger charge is 2.00. The number of carbonyl (C=O) groups excluding carboxylic acids is 1. The van der Waals surface area contributed by atoms with Crippen molar-refractivity contribution in [3.8, 4) is 0 Å². The summed E-state index contributed by atoms with van der Waals surface area (Å²) in [7, 11) is 0. The summed E-state index contributed by atoms with van der Waals surface area (Å²) in [6.45, 7) is 3.94. The largest absolute Gasteiger partial charge is 0.380 e. The van der Waals surface area contributed by atoms with E-state index in [1.165, 1.54) is 77.0 Å². The molecule has 0 aliphatic heterocycles. The Hall–Kier alpha value is -0.220. The number of thiol groups is 1. The van der Waals surface area contributed by atoms with Crippen LogP contribution in [0, 0.1) is 0 Å². The Morgan fingerprint density at radius 3 is 1.71 bits per heavy atom. The van der Waals surface area contributed by atoms with Gasteiger partial charge < -0.3 is 10.1 Å². The number of amides is 1. The molecule has 0 aromatic heterocycles. The van der Waals surface area contributed by atoms with Crippen molar-refractivity contribution < 1.29 is 9.53 Å². The number of ether oxygens (including phenoxy) is 1. The van der Waals surface area contributed by atoms with Gasteiger partial charge in [0.2, 0.25) is 5.91 Å². The van der Waals surface area contributed by atoms with Gasteiger partial charge in [-0.1, -0.05) is 70.6 Å². The molecule has 0 rings (SSSR count). The summed E-state index contributed by atoms with van der Waals surface area (Å²) >= 11 is 4.24. The normalized spacial score (nSPS) is 10.9. The SMILES string of the molecule is CCOCCNC(=O)CCCCCCCCCCCCCCCS. The molecule has 0 atom stereocenters. The van der Waals surface area contributed by atoms with Crippen molar-refractivity contribution in [2.75, 3.05) is 25.5 Å². The van der Waals surface area contributed by atoms with Gasteiger partial charge in [0.25, 0.3) is 0 Å². The molecule has 0 fully saturated rings. The van der Waals surface area contributed by atoms with E-state index in [4.69, 9.17) is 4.74 Å². The topological polar surface area (TPSA) is 38.3 Å². The van der Waals surface area contributed by atoms with Crippen molar-refractivity contribution in [2.45, 2.75) is 96.8 Å². The molecule has 1 amide bonds. The first-order valence-electron chi connectivity index (χ1n) is 10.3. The molecule has 0 saturated carbocycles. The minimum Gasteiger partial charge on any atom is -0.380 e. The van der Waals surface area contributed by atoms with E-state index in [-0.39, 0.29) is 5.91 Å². The van der Waals surface area contributed by atoms with E-state index in [9.17, 15) is 4.79 Å². The van der Waals surface area contributed by atoms with Gasteiger partial charge in [0.15, 0.2) is 0 Å². The number of unbranched alkanes of at least 4 members (excludes halogenated alkanes) is 12. The summed E-state index contributed by atoms with van der Waals surface area (Å²) in [4.78, 5) is 11.6. The van der Waals surface area contributed by atoms with E-state index < -0.39 is 0 Å². The molecule has 144 valence electrons. The number of nitrogens with one attached hydrogen (secondary N) is 1. The van der Waals surface area contributed by atoms with E-state index in [2.05, 4.69) is 17.9 Å². The quantitative estimate of drug-likeness (QED) is 0.235. The molecule has 4 heteroatoms. The standard InChI is InChI=1S/C20H41NO2S/c1-2-23-18-17-21-20(22)16-14-12-10-8-6-4-3-5-7-9-11-13-15-19-24/h24H,2-19H2,1H3,(H,21,22). The van der Waals surface area contributed by atoms with Gasteiger partial charge in [-0.3, -0.25) is 4.79 Å². The molecule has 0 spiro atoms. The van der Waals surface area contributed by atoms with Crippen LogP contribution in [0.3, 0.4) is 0 Å². The lowest BCUT2D eigenvalue weighted by Crippen LogP contribution is -2.26. The molecule has 0 aliphatic carbocycles. The van der Waals surface area contributed by atoms with Crippen LogP contribution in [0.2, 0.25) is 0 Å². The molecule has 0 aromatic carbocycles. The highest BCUT2D eigenvalue weighted by Crippen LogP contribution is 2.13. The Kier molecular flexibility index (Phi) is 20.6. The van der Waals surface area contributed by atoms with E-state index in [1.54, 1.807) is 0 Å². The zero-order valence-electron chi connectivity index (χ0n) is 16.0. The second-order valence-corrected chi connectivity index (χ2v) is 7.06. The van der Waals surface area contributed by atoms with Gasteiger partial charge in [0.05, 0.1) is 6.61 Å². The molecule has 0 radical (unpaired) electrons. The number of hydrogen-bond donors (Lipinski definition) is 2. The van der Waals surface area contributed by atoms with Crippen LogP contribution >= 0.6 is 12.6 Å². The van der Waals surface area contributed by atoms with Crippen molar-refractivity contribution in [1.82, 2.24) is 5.32 Å². The van der Waals surface area contributed by atoms with Crippen molar-refractivity contribution >= 4 is 18.5 Å². The average Bonchev–Trinajstić information content (AvgIpc) is 2.59. The summed E-state index contributed by atoms with van der Waals surface area (Å²) in [6, 6.07) is 0. The summed E-state index contributed by atoms with van der Waals surface area (Å²) in [5.74, 6) is 1.21. The molecule has 0 heterocycles. The van der Waals surface area contributed by atoms with Crippen molar-refractivity contribution in [3.63, 3.8) is 0 Å². The first-order valence-corrected chi connectivity index (χ1v) is 10.9. The lowest BCUT2D eigenvalue weighted by Gasteiger charge is -2.05. The fourth-order valence-corrected chi connectivity index (χ4v) is 3.06. The van der Waals surface area contributed by atoms with Crippen LogP contribution < -0.4 is 5.32 Å². The Morgan fingerprint density at radius 2 is 1.25 bits per heavy atom. The molecule has 1 N–H and O–H groups in total. The fourth-order valence-electron chi connectivity index (χ4n) is 2.84. The Labute approximate surface area is 156 Å². The number of hydrogen-bond acceptors (Lipinski definition) is 3. The molecular formula is C20H41NO2S. The Balaban J connectivity index is 3.08. The summed E-state index contributed by atoms with van der Waals surface area (Å²) in [5.41, 5.74) is 0. The molecular weight excluding hydrogens is 318 g/mol. The lowest BCUT2D eigenvalue weighted by atomic mass is 10.0. The van der Waals surface area contributed by atoms with Crippen LogP contribution in [0.1, 0.15) is 96.8 Å². The number of carbonyl (C=O) groups is 1. The van der Waals surface area contributed by atoms with Crippen LogP contribution in [-0.4, -0.2) is 31.4 Å². The molecule has 0 unspecified atom stereocenters. The smallest absolute Gasteiger partial charge is 0.220 e. The summed E-state index contributed by atoms with van der Waals surface area (Å²) in [5, 5.41) is 2.90. The highest BCUT2D eigenvalue weighted by atomic mass is 32.1. The van der Waals surface area contributed by atoms with Gasteiger partial charge in [-0.05, 0) is 25.5 Å². The first-order chi connectivity index (χ1) is 11.8. The third-order valence-corrected chi connectivity index (χ3v) is 4.65. The Bertz CT molecular complexity index is 262. The van der Waals surface area contributed by atoms with Gasteiger partial charge >= 0.3 is 0 Å². The first kappa shape index (κ1) is 23.8. The van der Waals surface area contributed by atoms with Gasteiger partial charge in [0, 0.05) is 19.6 Å². The molecule has 0 saturated heterocycles. The lowest BCUT2D eigenvalue weighted by molar-refractivity contribution is -0.121. The van der Waals surface area contributed by atoms with E-state index in [0.29, 0.717) is 26.2 Å². The van der Waals surface area contributed by atoms with E-state index in [1.807, 2.05) is 6.92 Å². The third kappa shape index (κ3) is 19.8. The van der Waals surface area contributed by atoms with Gasteiger partial charge in [-0.25, -0.2) is 0 Å². The van der Waals surface area contributed by atoms with Gasteiger partial charge in [-0.2, -0.15) is 12.6 Å². The average molecular weight is 360 g/mol. The van der Waals surface area contributed by atoms with Gasteiger partial charge in [0.1, 0.15) is 0 Å². The highest BCUT2D eigenvalue weighted by molar-refractivity contribution is 7.80. The monoisotopic (exact) mass is 359 g/mol. The maximum atomic E-state index is 11.6. The predicted octanol–water partition coefficient (Wildman–Crippen LogP) is 5.53. The van der Waals surface area contributed by atoms with Crippen LogP contribution in [0.15, 0.2) is 0 Å². The van der Waals surface area contributed by atoms with Crippen LogP contribution in [-0.2, 0) is 9.53 Å². The van der Waals surface area contributed by atoms with E-state index in [0.717, 1.165) is 12.2 Å². The van der Waals surface area contributed by atoms with E-state index >= 15 is 0 Å². The molecule has 0 aliphatic rings. The van der Waals surface area contributed by atoms with Crippen LogP contribution in [0.5, 0.6) is 0 Å².